The van der Waals surface area contributed by atoms with Crippen molar-refractivity contribution < 1.29 is 25.2 Å². The highest BCUT2D eigenvalue weighted by atomic mass is 16.6. The quantitative estimate of drug-likeness (QED) is 0.532. The van der Waals surface area contributed by atoms with Gasteiger partial charge in [-0.15, -0.1) is 0 Å². The standard InChI is InChI=1S/C18H23N3O5/c22-11-14-15(23)16(24)17(25)18(26-14)21(9-12-5-1-3-7-19-12)10-13-6-2-4-8-20-13/h1-8,14-18,22-25H,9-11H2/t14-,15-,16?,17-,18?/m1/s1. The van der Waals surface area contributed by atoms with Gasteiger partial charge in [0.05, 0.1) is 18.0 Å². The Labute approximate surface area is 151 Å². The third-order valence-corrected chi connectivity index (χ3v) is 4.41. The van der Waals surface area contributed by atoms with Crippen molar-refractivity contribution in [1.82, 2.24) is 14.9 Å². The van der Waals surface area contributed by atoms with Crippen LogP contribution >= 0.6 is 0 Å². The van der Waals surface area contributed by atoms with Crippen LogP contribution in [-0.2, 0) is 17.8 Å². The number of hydrogen-bond donors (Lipinski definition) is 4. The highest BCUT2D eigenvalue weighted by Gasteiger charge is 2.45. The van der Waals surface area contributed by atoms with Crippen LogP contribution in [0.15, 0.2) is 48.8 Å². The average molecular weight is 361 g/mol. The van der Waals surface area contributed by atoms with Gasteiger partial charge in [-0.2, -0.15) is 0 Å². The van der Waals surface area contributed by atoms with Crippen molar-refractivity contribution in [3.8, 4) is 0 Å². The number of aromatic nitrogens is 2. The van der Waals surface area contributed by atoms with E-state index in [4.69, 9.17) is 4.74 Å². The third kappa shape index (κ3) is 4.24. The molecule has 1 fully saturated rings. The Kier molecular flexibility index (Phi) is 6.25. The summed E-state index contributed by atoms with van der Waals surface area (Å²) in [6.07, 6.45) is -2.73. The van der Waals surface area contributed by atoms with Gasteiger partial charge in [-0.3, -0.25) is 14.9 Å². The summed E-state index contributed by atoms with van der Waals surface area (Å²) >= 11 is 0. The molecule has 1 aliphatic heterocycles. The lowest BCUT2D eigenvalue weighted by Gasteiger charge is -2.44. The van der Waals surface area contributed by atoms with Crippen LogP contribution in [0, 0.1) is 0 Å². The molecule has 5 atom stereocenters. The molecule has 3 heterocycles. The number of hydrogen-bond acceptors (Lipinski definition) is 8. The van der Waals surface area contributed by atoms with Gasteiger partial charge in [-0.05, 0) is 24.3 Å². The Morgan fingerprint density at radius 1 is 0.846 bits per heavy atom. The largest absolute Gasteiger partial charge is 0.394 e. The van der Waals surface area contributed by atoms with Gasteiger partial charge in [-0.1, -0.05) is 12.1 Å². The molecule has 4 N–H and O–H groups in total. The highest BCUT2D eigenvalue weighted by molar-refractivity contribution is 5.07. The Morgan fingerprint density at radius 3 is 1.88 bits per heavy atom. The third-order valence-electron chi connectivity index (χ3n) is 4.41. The predicted octanol–water partition coefficient (Wildman–Crippen LogP) is -0.721. The van der Waals surface area contributed by atoms with Crippen LogP contribution < -0.4 is 0 Å². The minimum Gasteiger partial charge on any atom is -0.394 e. The van der Waals surface area contributed by atoms with E-state index in [1.165, 1.54) is 0 Å². The number of pyridine rings is 2. The molecule has 0 saturated carbocycles. The molecule has 8 heteroatoms. The van der Waals surface area contributed by atoms with Crippen molar-refractivity contribution in [1.29, 1.82) is 0 Å². The summed E-state index contributed by atoms with van der Waals surface area (Å²) in [7, 11) is 0. The van der Waals surface area contributed by atoms with Gasteiger partial charge in [0.2, 0.25) is 0 Å². The van der Waals surface area contributed by atoms with Crippen molar-refractivity contribution in [2.75, 3.05) is 6.61 Å². The SMILES string of the molecule is OC[C@H]1OC(N(Cc2ccccn2)Cc2ccccn2)[C@H](O)C(O)[C@@H]1O. The van der Waals surface area contributed by atoms with Crippen LogP contribution in [-0.4, -0.2) is 72.5 Å². The van der Waals surface area contributed by atoms with Crippen molar-refractivity contribution in [2.45, 2.75) is 43.7 Å². The predicted molar refractivity (Wildman–Crippen MR) is 91.5 cm³/mol. The fraction of sp³-hybridized carbons (Fsp3) is 0.444. The van der Waals surface area contributed by atoms with E-state index < -0.39 is 37.3 Å². The van der Waals surface area contributed by atoms with Crippen molar-refractivity contribution in [2.24, 2.45) is 0 Å². The Hall–Kier alpha value is -1.94. The smallest absolute Gasteiger partial charge is 0.140 e. The van der Waals surface area contributed by atoms with E-state index in [0.717, 1.165) is 11.4 Å². The zero-order valence-electron chi connectivity index (χ0n) is 14.2. The van der Waals surface area contributed by atoms with Gasteiger partial charge in [0.15, 0.2) is 0 Å². The number of aliphatic hydroxyl groups is 4. The zero-order chi connectivity index (χ0) is 18.5. The minimum absolute atomic E-state index is 0.333. The molecule has 2 aromatic rings. The lowest BCUT2D eigenvalue weighted by molar-refractivity contribution is -0.268. The van der Waals surface area contributed by atoms with Crippen molar-refractivity contribution >= 4 is 0 Å². The van der Waals surface area contributed by atoms with Crippen LogP contribution in [0.25, 0.3) is 0 Å². The Bertz CT molecular complexity index is 632. The summed E-state index contributed by atoms with van der Waals surface area (Å²) in [5.74, 6) is 0. The second-order valence-corrected chi connectivity index (χ2v) is 6.27. The Balaban J connectivity index is 1.85. The molecular weight excluding hydrogens is 338 g/mol. The number of ether oxygens (including phenoxy) is 1. The summed E-state index contributed by atoms with van der Waals surface area (Å²) < 4.78 is 5.70. The molecule has 0 aromatic carbocycles. The first kappa shape index (κ1) is 18.8. The molecule has 0 aliphatic carbocycles. The zero-order valence-corrected chi connectivity index (χ0v) is 14.2. The van der Waals surface area contributed by atoms with Crippen molar-refractivity contribution in [3.05, 3.63) is 60.2 Å². The van der Waals surface area contributed by atoms with Gasteiger partial charge in [0.25, 0.3) is 0 Å². The second kappa shape index (κ2) is 8.63. The highest BCUT2D eigenvalue weighted by Crippen LogP contribution is 2.25. The maximum absolute atomic E-state index is 10.4. The molecule has 1 saturated heterocycles. The molecule has 26 heavy (non-hydrogen) atoms. The van der Waals surface area contributed by atoms with Crippen molar-refractivity contribution in [3.63, 3.8) is 0 Å². The lowest BCUT2D eigenvalue weighted by atomic mass is 9.97. The molecular formula is C18H23N3O5. The lowest BCUT2D eigenvalue weighted by Crippen LogP contribution is -2.62. The first-order chi connectivity index (χ1) is 12.6. The van der Waals surface area contributed by atoms with E-state index >= 15 is 0 Å². The van der Waals surface area contributed by atoms with Crippen LogP contribution in [0.2, 0.25) is 0 Å². The maximum atomic E-state index is 10.4. The van der Waals surface area contributed by atoms with E-state index in [1.807, 2.05) is 24.3 Å². The summed E-state index contributed by atoms with van der Waals surface area (Å²) in [6.45, 7) is 0.197. The molecule has 140 valence electrons. The average Bonchev–Trinajstić information content (AvgIpc) is 2.68. The summed E-state index contributed by atoms with van der Waals surface area (Å²) in [5, 5.41) is 40.0. The van der Waals surface area contributed by atoms with E-state index in [2.05, 4.69) is 9.97 Å². The van der Waals surface area contributed by atoms with Crippen LogP contribution in [0.1, 0.15) is 11.4 Å². The number of aliphatic hydroxyl groups excluding tert-OH is 4. The molecule has 8 nitrogen and oxygen atoms in total. The van der Waals surface area contributed by atoms with Gasteiger partial charge < -0.3 is 25.2 Å². The normalized spacial score (nSPS) is 29.0. The molecule has 0 spiro atoms. The maximum Gasteiger partial charge on any atom is 0.140 e. The van der Waals surface area contributed by atoms with E-state index in [-0.39, 0.29) is 0 Å². The number of rotatable bonds is 6. The first-order valence-electron chi connectivity index (χ1n) is 8.44. The number of nitrogens with zero attached hydrogens (tertiary/aromatic N) is 3. The fourth-order valence-electron chi connectivity index (χ4n) is 3.02. The molecule has 0 radical (unpaired) electrons. The summed E-state index contributed by atoms with van der Waals surface area (Å²) in [4.78, 5) is 10.4. The van der Waals surface area contributed by atoms with Crippen LogP contribution in [0.4, 0.5) is 0 Å². The van der Waals surface area contributed by atoms with E-state index in [1.54, 1.807) is 29.4 Å². The summed E-state index contributed by atoms with van der Waals surface area (Å²) in [6, 6.07) is 11.0. The second-order valence-electron chi connectivity index (χ2n) is 6.27. The Morgan fingerprint density at radius 2 is 1.42 bits per heavy atom. The van der Waals surface area contributed by atoms with Crippen LogP contribution in [0.5, 0.6) is 0 Å². The molecule has 1 aliphatic rings. The molecule has 3 rings (SSSR count). The molecule has 2 aromatic heterocycles. The van der Waals surface area contributed by atoms with E-state index in [9.17, 15) is 20.4 Å². The first-order valence-corrected chi connectivity index (χ1v) is 8.44. The molecule has 0 bridgehead atoms. The molecule has 2 unspecified atom stereocenters. The van der Waals surface area contributed by atoms with Gasteiger partial charge in [0.1, 0.15) is 30.6 Å². The minimum atomic E-state index is -1.43. The topological polar surface area (TPSA) is 119 Å². The van der Waals surface area contributed by atoms with Gasteiger partial charge >= 0.3 is 0 Å². The van der Waals surface area contributed by atoms with Gasteiger partial charge in [-0.25, -0.2) is 0 Å². The molecule has 0 amide bonds. The monoisotopic (exact) mass is 361 g/mol. The van der Waals surface area contributed by atoms with Gasteiger partial charge in [0, 0.05) is 25.5 Å². The fourth-order valence-corrected chi connectivity index (χ4v) is 3.02. The van der Waals surface area contributed by atoms with E-state index in [0.29, 0.717) is 13.1 Å². The summed E-state index contributed by atoms with van der Waals surface area (Å²) in [5.41, 5.74) is 1.50. The van der Waals surface area contributed by atoms with Crippen LogP contribution in [0.3, 0.4) is 0 Å².